The average molecular weight is 298 g/mol. The average Bonchev–Trinajstić information content (AvgIpc) is 2.99. The molecule has 2 fully saturated rings. The quantitative estimate of drug-likeness (QED) is 0.866. The van der Waals surface area contributed by atoms with Gasteiger partial charge in [-0.1, -0.05) is 18.2 Å². The first-order valence-electron chi connectivity index (χ1n) is 8.13. The fourth-order valence-corrected chi connectivity index (χ4v) is 4.15. The van der Waals surface area contributed by atoms with Gasteiger partial charge in [-0.25, -0.2) is 4.79 Å². The van der Waals surface area contributed by atoms with Crippen molar-refractivity contribution in [1.29, 1.82) is 0 Å². The van der Waals surface area contributed by atoms with Gasteiger partial charge in [0.25, 0.3) is 0 Å². The van der Waals surface area contributed by atoms with E-state index in [0.29, 0.717) is 17.6 Å². The molecule has 2 aliphatic rings. The van der Waals surface area contributed by atoms with Gasteiger partial charge >= 0.3 is 5.97 Å². The molecular formula is C18H22N2O2. The fourth-order valence-electron chi connectivity index (χ4n) is 4.15. The summed E-state index contributed by atoms with van der Waals surface area (Å²) in [5.41, 5.74) is 2.83. The molecule has 1 aromatic carbocycles. The maximum absolute atomic E-state index is 12.6. The third kappa shape index (κ3) is 2.13. The molecule has 4 heteroatoms. The number of carbonyl (C=O) groups is 1. The van der Waals surface area contributed by atoms with E-state index >= 15 is 0 Å². The van der Waals surface area contributed by atoms with Crippen LogP contribution in [0.2, 0.25) is 0 Å². The van der Waals surface area contributed by atoms with E-state index in [2.05, 4.69) is 16.9 Å². The lowest BCUT2D eigenvalue weighted by atomic mass is 10.0. The number of hydrogen-bond acceptors (Lipinski definition) is 3. The molecule has 2 saturated heterocycles. The van der Waals surface area contributed by atoms with E-state index in [4.69, 9.17) is 4.74 Å². The van der Waals surface area contributed by atoms with Crippen molar-refractivity contribution in [2.75, 3.05) is 7.05 Å². The Balaban J connectivity index is 1.54. The molecule has 2 aromatic rings. The van der Waals surface area contributed by atoms with Gasteiger partial charge in [0.15, 0.2) is 0 Å². The molecular weight excluding hydrogens is 276 g/mol. The highest BCUT2D eigenvalue weighted by Crippen LogP contribution is 2.36. The predicted octanol–water partition coefficient (Wildman–Crippen LogP) is 3.26. The fraction of sp³-hybridized carbons (Fsp3) is 0.500. The minimum atomic E-state index is -0.189. The van der Waals surface area contributed by atoms with E-state index in [-0.39, 0.29) is 12.1 Å². The lowest BCUT2D eigenvalue weighted by Crippen LogP contribution is -2.43. The summed E-state index contributed by atoms with van der Waals surface area (Å²) in [6, 6.07) is 7.18. The van der Waals surface area contributed by atoms with Crippen LogP contribution in [0.5, 0.6) is 0 Å². The number of rotatable bonds is 2. The Morgan fingerprint density at radius 2 is 2.00 bits per heavy atom. The van der Waals surface area contributed by atoms with Crippen LogP contribution in [0.1, 0.15) is 41.6 Å². The zero-order valence-corrected chi connectivity index (χ0v) is 13.1. The Morgan fingerprint density at radius 3 is 2.73 bits per heavy atom. The molecule has 1 aromatic heterocycles. The van der Waals surface area contributed by atoms with Crippen LogP contribution >= 0.6 is 0 Å². The summed E-state index contributed by atoms with van der Waals surface area (Å²) in [6.45, 7) is 2.04. The SMILES string of the molecule is Cc1cccc2c(C(=O)OC3CC4CCC(C3)N4C)c[nH]c12. The standard InChI is InChI=1S/C18H22N2O2/c1-11-4-3-5-15-16(10-19-17(11)15)18(21)22-14-8-12-6-7-13(9-14)20(12)2/h3-5,10,12-14,19H,6-9H2,1-2H3. The second-order valence-corrected chi connectivity index (χ2v) is 6.75. The molecule has 4 rings (SSSR count). The van der Waals surface area contributed by atoms with E-state index in [1.54, 1.807) is 6.20 Å². The van der Waals surface area contributed by atoms with Gasteiger partial charge in [0.05, 0.1) is 5.56 Å². The number of nitrogens with one attached hydrogen (secondary N) is 1. The van der Waals surface area contributed by atoms with Gasteiger partial charge < -0.3 is 14.6 Å². The number of ether oxygens (including phenoxy) is 1. The van der Waals surface area contributed by atoms with Crippen LogP contribution in [0.4, 0.5) is 0 Å². The first-order valence-corrected chi connectivity index (χ1v) is 8.13. The van der Waals surface area contributed by atoms with Gasteiger partial charge in [0, 0.05) is 42.0 Å². The Morgan fingerprint density at radius 1 is 1.27 bits per heavy atom. The first kappa shape index (κ1) is 13.8. The highest BCUT2D eigenvalue weighted by Gasteiger charge is 2.40. The maximum atomic E-state index is 12.6. The van der Waals surface area contributed by atoms with Gasteiger partial charge in [0.1, 0.15) is 6.10 Å². The van der Waals surface area contributed by atoms with Gasteiger partial charge in [0.2, 0.25) is 0 Å². The predicted molar refractivity (Wildman–Crippen MR) is 86.0 cm³/mol. The third-order valence-corrected chi connectivity index (χ3v) is 5.47. The minimum Gasteiger partial charge on any atom is -0.459 e. The van der Waals surface area contributed by atoms with Crippen LogP contribution in [0, 0.1) is 6.92 Å². The molecule has 0 saturated carbocycles. The van der Waals surface area contributed by atoms with Crippen molar-refractivity contribution in [3.05, 3.63) is 35.5 Å². The summed E-state index contributed by atoms with van der Waals surface area (Å²) in [5, 5.41) is 0.959. The normalized spacial score (nSPS) is 28.2. The van der Waals surface area contributed by atoms with Crippen molar-refractivity contribution in [2.45, 2.75) is 50.8 Å². The molecule has 22 heavy (non-hydrogen) atoms. The number of esters is 1. The third-order valence-electron chi connectivity index (χ3n) is 5.47. The Hall–Kier alpha value is -1.81. The second kappa shape index (κ2) is 5.13. The lowest BCUT2D eigenvalue weighted by molar-refractivity contribution is -0.000258. The number of nitrogens with zero attached hydrogens (tertiary/aromatic N) is 1. The minimum absolute atomic E-state index is 0.0657. The van der Waals surface area contributed by atoms with E-state index < -0.39 is 0 Å². The lowest BCUT2D eigenvalue weighted by Gasteiger charge is -2.35. The molecule has 0 aliphatic carbocycles. The molecule has 3 heterocycles. The van der Waals surface area contributed by atoms with Crippen molar-refractivity contribution >= 4 is 16.9 Å². The molecule has 2 bridgehead atoms. The van der Waals surface area contributed by atoms with Crippen LogP contribution < -0.4 is 0 Å². The van der Waals surface area contributed by atoms with Crippen molar-refractivity contribution in [1.82, 2.24) is 9.88 Å². The maximum Gasteiger partial charge on any atom is 0.340 e. The number of aryl methyl sites for hydroxylation is 1. The topological polar surface area (TPSA) is 45.3 Å². The van der Waals surface area contributed by atoms with Gasteiger partial charge in [-0.2, -0.15) is 0 Å². The van der Waals surface area contributed by atoms with Crippen LogP contribution in [-0.2, 0) is 4.74 Å². The zero-order chi connectivity index (χ0) is 15.3. The highest BCUT2D eigenvalue weighted by molar-refractivity contribution is 6.04. The number of aromatic amines is 1. The van der Waals surface area contributed by atoms with Gasteiger partial charge in [-0.15, -0.1) is 0 Å². The zero-order valence-electron chi connectivity index (χ0n) is 13.1. The number of H-pyrrole nitrogens is 1. The van der Waals surface area contributed by atoms with Crippen molar-refractivity contribution < 1.29 is 9.53 Å². The number of hydrogen-bond donors (Lipinski definition) is 1. The van der Waals surface area contributed by atoms with Crippen LogP contribution in [0.15, 0.2) is 24.4 Å². The molecule has 116 valence electrons. The second-order valence-electron chi connectivity index (χ2n) is 6.75. The summed E-state index contributed by atoms with van der Waals surface area (Å²) in [7, 11) is 2.20. The van der Waals surface area contributed by atoms with Crippen LogP contribution in [0.25, 0.3) is 10.9 Å². The number of benzene rings is 1. The molecule has 2 aliphatic heterocycles. The van der Waals surface area contributed by atoms with Gasteiger partial charge in [-0.05, 0) is 32.4 Å². The van der Waals surface area contributed by atoms with Gasteiger partial charge in [-0.3, -0.25) is 0 Å². The number of aromatic nitrogens is 1. The molecule has 0 amide bonds. The monoisotopic (exact) mass is 298 g/mol. The summed E-state index contributed by atoms with van der Waals surface area (Å²) in [4.78, 5) is 18.2. The van der Waals surface area contributed by atoms with E-state index in [0.717, 1.165) is 29.3 Å². The van der Waals surface area contributed by atoms with E-state index in [9.17, 15) is 4.79 Å². The summed E-state index contributed by atoms with van der Waals surface area (Å²) in [6.07, 6.45) is 6.27. The van der Waals surface area contributed by atoms with Crippen molar-refractivity contribution in [2.24, 2.45) is 0 Å². The summed E-state index contributed by atoms with van der Waals surface area (Å²) >= 11 is 0. The van der Waals surface area contributed by atoms with Crippen LogP contribution in [-0.4, -0.2) is 41.1 Å². The Bertz CT molecular complexity index is 707. The number of carbonyl (C=O) groups excluding carboxylic acids is 1. The number of piperidine rings is 1. The molecule has 1 N–H and O–H groups in total. The van der Waals surface area contributed by atoms with Crippen molar-refractivity contribution in [3.8, 4) is 0 Å². The molecule has 0 radical (unpaired) electrons. The van der Waals surface area contributed by atoms with Crippen molar-refractivity contribution in [3.63, 3.8) is 0 Å². The summed E-state index contributed by atoms with van der Waals surface area (Å²) < 4.78 is 5.83. The van der Waals surface area contributed by atoms with Crippen LogP contribution in [0.3, 0.4) is 0 Å². The highest BCUT2D eigenvalue weighted by atomic mass is 16.5. The number of para-hydroxylation sites is 1. The van der Waals surface area contributed by atoms with E-state index in [1.165, 1.54) is 12.8 Å². The smallest absolute Gasteiger partial charge is 0.340 e. The molecule has 2 atom stereocenters. The largest absolute Gasteiger partial charge is 0.459 e. The summed E-state index contributed by atoms with van der Waals surface area (Å²) in [5.74, 6) is -0.189. The Labute approximate surface area is 130 Å². The molecule has 4 nitrogen and oxygen atoms in total. The Kier molecular flexibility index (Phi) is 3.22. The first-order chi connectivity index (χ1) is 10.6. The van der Waals surface area contributed by atoms with E-state index in [1.807, 2.05) is 25.1 Å². The number of fused-ring (bicyclic) bond motifs is 3. The molecule has 0 spiro atoms. The molecule has 2 unspecified atom stereocenters.